The van der Waals surface area contributed by atoms with Gasteiger partial charge in [0.2, 0.25) is 10.0 Å². The fraction of sp³-hybridized carbons (Fsp3) is 0.353. The zero-order valence-corrected chi connectivity index (χ0v) is 15.5. The number of carbonyl (C=O) groups excluding carboxylic acids is 1. The number of anilines is 1. The van der Waals surface area contributed by atoms with Gasteiger partial charge in [-0.25, -0.2) is 8.42 Å². The quantitative estimate of drug-likeness (QED) is 0.835. The lowest BCUT2D eigenvalue weighted by Gasteiger charge is -2.19. The largest absolute Gasteiger partial charge is 0.492 e. The highest BCUT2D eigenvalue weighted by atomic mass is 32.2. The van der Waals surface area contributed by atoms with Crippen LogP contribution in [-0.4, -0.2) is 38.3 Å². The van der Waals surface area contributed by atoms with Crippen LogP contribution < -0.4 is 10.1 Å². The van der Waals surface area contributed by atoms with E-state index in [9.17, 15) is 13.2 Å². The lowest BCUT2D eigenvalue weighted by atomic mass is 10.3. The van der Waals surface area contributed by atoms with Crippen LogP contribution in [0.4, 0.5) is 5.69 Å². The standard InChI is InChI=1S/C17H20N2O4S2/c1-2-23-14-8-7-13(18-17(20)15-6-5-11-24-15)12-16(14)25(21,22)19-9-3-4-10-19/h5-8,11-12H,2-4,9-10H2,1H3,(H,18,20). The summed E-state index contributed by atoms with van der Waals surface area (Å²) < 4.78 is 32.8. The molecular weight excluding hydrogens is 360 g/mol. The van der Waals surface area contributed by atoms with Crippen LogP contribution in [0.5, 0.6) is 5.75 Å². The van der Waals surface area contributed by atoms with Crippen LogP contribution in [0.15, 0.2) is 40.6 Å². The van der Waals surface area contributed by atoms with Gasteiger partial charge in [0.1, 0.15) is 10.6 Å². The predicted molar refractivity (Wildman–Crippen MR) is 97.9 cm³/mol. The molecule has 1 amide bonds. The minimum atomic E-state index is -3.64. The van der Waals surface area contributed by atoms with Crippen molar-refractivity contribution in [1.82, 2.24) is 4.31 Å². The SMILES string of the molecule is CCOc1ccc(NC(=O)c2cccs2)cc1S(=O)(=O)N1CCCC1. The minimum Gasteiger partial charge on any atom is -0.492 e. The molecule has 0 spiro atoms. The lowest BCUT2D eigenvalue weighted by molar-refractivity contribution is 0.103. The number of nitrogens with zero attached hydrogens (tertiary/aromatic N) is 1. The molecule has 134 valence electrons. The summed E-state index contributed by atoms with van der Waals surface area (Å²) >= 11 is 1.33. The first kappa shape index (κ1) is 17.9. The van der Waals surface area contributed by atoms with Crippen LogP contribution >= 0.6 is 11.3 Å². The third kappa shape index (κ3) is 3.86. The molecule has 0 radical (unpaired) electrons. The van der Waals surface area contributed by atoms with E-state index < -0.39 is 10.0 Å². The van der Waals surface area contributed by atoms with Crippen LogP contribution in [0.3, 0.4) is 0 Å². The molecule has 2 aromatic rings. The normalized spacial score (nSPS) is 15.2. The highest BCUT2D eigenvalue weighted by Gasteiger charge is 2.30. The number of ether oxygens (including phenoxy) is 1. The van der Waals surface area contributed by atoms with Crippen molar-refractivity contribution in [3.63, 3.8) is 0 Å². The van der Waals surface area contributed by atoms with Crippen molar-refractivity contribution in [2.75, 3.05) is 25.0 Å². The predicted octanol–water partition coefficient (Wildman–Crippen LogP) is 3.18. The van der Waals surface area contributed by atoms with Crippen LogP contribution in [-0.2, 0) is 10.0 Å². The molecule has 0 aliphatic carbocycles. The molecule has 0 saturated carbocycles. The molecular formula is C17H20N2O4S2. The molecule has 3 rings (SSSR count). The van der Waals surface area contributed by atoms with E-state index in [1.54, 1.807) is 31.2 Å². The Balaban J connectivity index is 1.93. The minimum absolute atomic E-state index is 0.0974. The highest BCUT2D eigenvalue weighted by molar-refractivity contribution is 7.89. The number of sulfonamides is 1. The molecule has 0 bridgehead atoms. The summed E-state index contributed by atoms with van der Waals surface area (Å²) in [6.45, 7) is 3.20. The molecule has 1 N–H and O–H groups in total. The second kappa shape index (κ2) is 7.55. The summed E-state index contributed by atoms with van der Waals surface area (Å²) in [6.07, 6.45) is 1.72. The average molecular weight is 380 g/mol. The van der Waals surface area contributed by atoms with Crippen molar-refractivity contribution in [3.05, 3.63) is 40.6 Å². The van der Waals surface area contributed by atoms with E-state index >= 15 is 0 Å². The molecule has 1 saturated heterocycles. The van der Waals surface area contributed by atoms with E-state index in [0.29, 0.717) is 36.0 Å². The second-order valence-electron chi connectivity index (χ2n) is 5.64. The molecule has 1 aromatic carbocycles. The summed E-state index contributed by atoms with van der Waals surface area (Å²) in [5, 5.41) is 4.57. The van der Waals surface area contributed by atoms with Crippen molar-refractivity contribution < 1.29 is 17.9 Å². The van der Waals surface area contributed by atoms with Gasteiger partial charge in [-0.2, -0.15) is 4.31 Å². The second-order valence-corrected chi connectivity index (χ2v) is 8.49. The first-order valence-electron chi connectivity index (χ1n) is 8.14. The van der Waals surface area contributed by atoms with Gasteiger partial charge in [-0.15, -0.1) is 11.3 Å². The highest BCUT2D eigenvalue weighted by Crippen LogP contribution is 2.31. The van der Waals surface area contributed by atoms with Gasteiger partial charge in [-0.05, 0) is 49.4 Å². The number of benzene rings is 1. The van der Waals surface area contributed by atoms with E-state index in [2.05, 4.69) is 5.32 Å². The first-order chi connectivity index (χ1) is 12.0. The number of rotatable bonds is 6. The third-order valence-corrected chi connectivity index (χ3v) is 6.72. The van der Waals surface area contributed by atoms with Crippen molar-refractivity contribution in [3.8, 4) is 5.75 Å². The van der Waals surface area contributed by atoms with Crippen molar-refractivity contribution >= 4 is 33.0 Å². The van der Waals surface area contributed by atoms with Gasteiger partial charge < -0.3 is 10.1 Å². The molecule has 1 aliphatic rings. The average Bonchev–Trinajstić information content (AvgIpc) is 3.30. The molecule has 1 fully saturated rings. The molecule has 8 heteroatoms. The van der Waals surface area contributed by atoms with Crippen LogP contribution in [0.1, 0.15) is 29.4 Å². The van der Waals surface area contributed by atoms with Gasteiger partial charge in [0.25, 0.3) is 5.91 Å². The van der Waals surface area contributed by atoms with Gasteiger partial charge in [0.05, 0.1) is 11.5 Å². The molecule has 25 heavy (non-hydrogen) atoms. The summed E-state index contributed by atoms with van der Waals surface area (Å²) in [7, 11) is -3.64. The number of amides is 1. The number of nitrogens with one attached hydrogen (secondary N) is 1. The first-order valence-corrected chi connectivity index (χ1v) is 10.5. The van der Waals surface area contributed by atoms with Gasteiger partial charge in [0, 0.05) is 18.8 Å². The Bertz CT molecular complexity index is 842. The summed E-state index contributed by atoms with van der Waals surface area (Å²) in [5.74, 6) is 0.0483. The van der Waals surface area contributed by atoms with Crippen LogP contribution in [0, 0.1) is 0 Å². The molecule has 0 unspecified atom stereocenters. The molecule has 2 heterocycles. The Morgan fingerprint density at radius 1 is 1.28 bits per heavy atom. The zero-order chi connectivity index (χ0) is 17.9. The molecule has 0 atom stereocenters. The van der Waals surface area contributed by atoms with Gasteiger partial charge in [-0.1, -0.05) is 6.07 Å². The topological polar surface area (TPSA) is 75.7 Å². The van der Waals surface area contributed by atoms with Gasteiger partial charge in [-0.3, -0.25) is 4.79 Å². The number of carbonyl (C=O) groups is 1. The maximum atomic E-state index is 12.9. The Kier molecular flexibility index (Phi) is 5.41. The number of thiophene rings is 1. The Labute approximate surface area is 151 Å². The lowest BCUT2D eigenvalue weighted by Crippen LogP contribution is -2.28. The Morgan fingerprint density at radius 3 is 2.68 bits per heavy atom. The fourth-order valence-electron chi connectivity index (χ4n) is 2.73. The fourth-order valence-corrected chi connectivity index (χ4v) is 5.02. The number of hydrogen-bond acceptors (Lipinski definition) is 5. The smallest absolute Gasteiger partial charge is 0.265 e. The van der Waals surface area contributed by atoms with E-state index in [1.807, 2.05) is 5.38 Å². The summed E-state index contributed by atoms with van der Waals surface area (Å²) in [6, 6.07) is 8.23. The monoisotopic (exact) mass is 380 g/mol. The maximum absolute atomic E-state index is 12.9. The molecule has 6 nitrogen and oxygen atoms in total. The zero-order valence-electron chi connectivity index (χ0n) is 13.9. The van der Waals surface area contributed by atoms with E-state index in [-0.39, 0.29) is 10.8 Å². The van der Waals surface area contributed by atoms with Crippen LogP contribution in [0.2, 0.25) is 0 Å². The van der Waals surface area contributed by atoms with Crippen LogP contribution in [0.25, 0.3) is 0 Å². The third-order valence-electron chi connectivity index (χ3n) is 3.93. The van der Waals surface area contributed by atoms with Crippen molar-refractivity contribution in [1.29, 1.82) is 0 Å². The van der Waals surface area contributed by atoms with E-state index in [0.717, 1.165) is 12.8 Å². The summed E-state index contributed by atoms with van der Waals surface area (Å²) in [4.78, 5) is 12.9. The van der Waals surface area contributed by atoms with Gasteiger partial charge in [0.15, 0.2) is 0 Å². The van der Waals surface area contributed by atoms with Crippen molar-refractivity contribution in [2.24, 2.45) is 0 Å². The maximum Gasteiger partial charge on any atom is 0.265 e. The van der Waals surface area contributed by atoms with E-state index in [1.165, 1.54) is 21.7 Å². The van der Waals surface area contributed by atoms with Gasteiger partial charge >= 0.3 is 0 Å². The Hall–Kier alpha value is -1.90. The van der Waals surface area contributed by atoms with E-state index in [4.69, 9.17) is 4.74 Å². The number of hydrogen-bond donors (Lipinski definition) is 1. The molecule has 1 aliphatic heterocycles. The summed E-state index contributed by atoms with van der Waals surface area (Å²) in [5.41, 5.74) is 0.430. The Morgan fingerprint density at radius 2 is 2.04 bits per heavy atom. The molecule has 1 aromatic heterocycles. The van der Waals surface area contributed by atoms with Crippen molar-refractivity contribution in [2.45, 2.75) is 24.7 Å².